The van der Waals surface area contributed by atoms with Crippen LogP contribution in [-0.2, 0) is 9.47 Å². The number of nitrogens with zero attached hydrogens (tertiary/aromatic N) is 4. The topological polar surface area (TPSA) is 69.0 Å². The fourth-order valence-corrected chi connectivity index (χ4v) is 4.11. The summed E-state index contributed by atoms with van der Waals surface area (Å²) in [4.78, 5) is 19.2. The molecule has 2 aliphatic rings. The number of carbonyl (C=O) groups excluding carboxylic acids is 1. The molecular formula is C19H21ClN4O3. The third kappa shape index (κ3) is 3.06. The minimum atomic E-state index is -0.101. The third-order valence-corrected chi connectivity index (χ3v) is 5.60. The zero-order valence-electron chi connectivity index (χ0n) is 15.4. The first-order valence-electron chi connectivity index (χ1n) is 8.85. The second-order valence-electron chi connectivity index (χ2n) is 6.84. The highest BCUT2D eigenvalue weighted by molar-refractivity contribution is 6.30. The molecule has 1 aliphatic carbocycles. The molecule has 4 rings (SSSR count). The molecule has 1 amide bonds. The Hall–Kier alpha value is -2.54. The lowest BCUT2D eigenvalue weighted by Gasteiger charge is -2.43. The lowest BCUT2D eigenvalue weighted by molar-refractivity contribution is 0.0492. The van der Waals surface area contributed by atoms with Gasteiger partial charge in [-0.05, 0) is 31.4 Å². The van der Waals surface area contributed by atoms with Crippen LogP contribution in [0.3, 0.4) is 0 Å². The van der Waals surface area contributed by atoms with E-state index >= 15 is 0 Å². The number of aromatic nitrogens is 3. The van der Waals surface area contributed by atoms with Gasteiger partial charge in [0.25, 0.3) is 5.91 Å². The van der Waals surface area contributed by atoms with E-state index in [-0.39, 0.29) is 17.9 Å². The Morgan fingerprint density at radius 3 is 2.74 bits per heavy atom. The van der Waals surface area contributed by atoms with Gasteiger partial charge in [0.1, 0.15) is 0 Å². The Kier molecular flexibility index (Phi) is 4.55. The van der Waals surface area contributed by atoms with Gasteiger partial charge in [-0.1, -0.05) is 11.6 Å². The van der Waals surface area contributed by atoms with Crippen molar-refractivity contribution in [2.24, 2.45) is 11.8 Å². The minimum absolute atomic E-state index is 0.0115. The number of allylic oxidation sites excluding steroid dienone is 1. The van der Waals surface area contributed by atoms with Crippen LogP contribution in [0.15, 0.2) is 42.1 Å². The monoisotopic (exact) mass is 388 g/mol. The number of rotatable bonds is 3. The van der Waals surface area contributed by atoms with Crippen LogP contribution in [0.25, 0.3) is 5.65 Å². The summed E-state index contributed by atoms with van der Waals surface area (Å²) < 4.78 is 12.4. The predicted molar refractivity (Wildman–Crippen MR) is 100 cm³/mol. The zero-order valence-corrected chi connectivity index (χ0v) is 16.2. The Morgan fingerprint density at radius 1 is 1.26 bits per heavy atom. The number of likely N-dealkylation sites (tertiary alicyclic amines) is 1. The molecule has 1 fully saturated rings. The molecule has 142 valence electrons. The molecule has 0 N–H and O–H groups in total. The van der Waals surface area contributed by atoms with Crippen molar-refractivity contribution in [1.82, 2.24) is 19.5 Å². The summed E-state index contributed by atoms with van der Waals surface area (Å²) in [5.41, 5.74) is 0.965. The van der Waals surface area contributed by atoms with E-state index in [1.54, 1.807) is 32.7 Å². The summed E-state index contributed by atoms with van der Waals surface area (Å²) >= 11 is 5.95. The number of methoxy groups -OCH3 is 2. The highest BCUT2D eigenvalue weighted by Crippen LogP contribution is 2.38. The molecule has 7 nitrogen and oxygen atoms in total. The van der Waals surface area contributed by atoms with E-state index in [9.17, 15) is 4.79 Å². The Labute approximate surface area is 162 Å². The molecule has 2 aromatic rings. The van der Waals surface area contributed by atoms with Gasteiger partial charge in [-0.3, -0.25) is 4.79 Å². The van der Waals surface area contributed by atoms with Crippen LogP contribution >= 0.6 is 11.6 Å². The molecule has 0 aromatic carbocycles. The predicted octanol–water partition coefficient (Wildman–Crippen LogP) is 2.92. The zero-order chi connectivity index (χ0) is 19.1. The molecule has 0 radical (unpaired) electrons. The number of ether oxygens (including phenoxy) is 2. The van der Waals surface area contributed by atoms with Gasteiger partial charge in [-0.25, -0.2) is 9.50 Å². The summed E-state index contributed by atoms with van der Waals surface area (Å²) in [6.07, 6.45) is 8.22. The molecule has 3 heterocycles. The minimum Gasteiger partial charge on any atom is -0.493 e. The Morgan fingerprint density at radius 2 is 2.00 bits per heavy atom. The quantitative estimate of drug-likeness (QED) is 0.808. The van der Waals surface area contributed by atoms with E-state index in [1.165, 1.54) is 4.52 Å². The maximum absolute atomic E-state index is 13.1. The van der Waals surface area contributed by atoms with E-state index < -0.39 is 0 Å². The van der Waals surface area contributed by atoms with Gasteiger partial charge < -0.3 is 14.4 Å². The average molecular weight is 389 g/mol. The van der Waals surface area contributed by atoms with Gasteiger partial charge >= 0.3 is 0 Å². The van der Waals surface area contributed by atoms with E-state index in [0.717, 1.165) is 12.2 Å². The van der Waals surface area contributed by atoms with Crippen molar-refractivity contribution in [3.63, 3.8) is 0 Å². The van der Waals surface area contributed by atoms with E-state index in [4.69, 9.17) is 21.1 Å². The van der Waals surface area contributed by atoms with Crippen molar-refractivity contribution >= 4 is 23.2 Å². The van der Waals surface area contributed by atoms with Crippen molar-refractivity contribution in [3.8, 4) is 0 Å². The molecule has 3 unspecified atom stereocenters. The number of halogens is 1. The molecule has 8 heteroatoms. The summed E-state index contributed by atoms with van der Waals surface area (Å²) in [5, 5.41) is 4.82. The first-order valence-corrected chi connectivity index (χ1v) is 9.23. The number of amides is 1. The normalized spacial score (nSPS) is 24.9. The van der Waals surface area contributed by atoms with Crippen LogP contribution in [0, 0.1) is 11.8 Å². The standard InChI is InChI=1S/C19H21ClN4O3/c1-11-14-7-17(27-3)16(26-2)6-12(14)4-5-23(11)19(25)15-8-18-21-9-13(20)10-24(18)22-15/h6-12,14H,4-5H2,1-3H3. The fourth-order valence-electron chi connectivity index (χ4n) is 3.97. The van der Waals surface area contributed by atoms with E-state index in [2.05, 4.69) is 29.2 Å². The number of piperidine rings is 1. The van der Waals surface area contributed by atoms with Gasteiger partial charge in [-0.2, -0.15) is 5.10 Å². The summed E-state index contributed by atoms with van der Waals surface area (Å²) in [5.74, 6) is 1.86. The highest BCUT2D eigenvalue weighted by Gasteiger charge is 2.39. The van der Waals surface area contributed by atoms with Gasteiger partial charge in [0.2, 0.25) is 0 Å². The third-order valence-electron chi connectivity index (χ3n) is 5.40. The van der Waals surface area contributed by atoms with Crippen LogP contribution in [0.4, 0.5) is 0 Å². The van der Waals surface area contributed by atoms with Crippen molar-refractivity contribution in [2.75, 3.05) is 20.8 Å². The van der Waals surface area contributed by atoms with Crippen molar-refractivity contribution < 1.29 is 14.3 Å². The molecule has 2 aromatic heterocycles. The second kappa shape index (κ2) is 6.88. The van der Waals surface area contributed by atoms with Crippen molar-refractivity contribution in [1.29, 1.82) is 0 Å². The molecule has 3 atom stereocenters. The maximum atomic E-state index is 13.1. The van der Waals surface area contributed by atoms with E-state index in [1.807, 2.05) is 4.90 Å². The Bertz CT molecular complexity index is 952. The molecule has 1 saturated heterocycles. The van der Waals surface area contributed by atoms with Gasteiger partial charge in [0.15, 0.2) is 22.9 Å². The van der Waals surface area contributed by atoms with Crippen LogP contribution < -0.4 is 0 Å². The van der Waals surface area contributed by atoms with E-state index in [0.29, 0.717) is 34.6 Å². The molecule has 0 bridgehead atoms. The second-order valence-corrected chi connectivity index (χ2v) is 7.28. The van der Waals surface area contributed by atoms with Gasteiger partial charge in [-0.15, -0.1) is 0 Å². The van der Waals surface area contributed by atoms with Crippen LogP contribution in [0.2, 0.25) is 5.02 Å². The summed E-state index contributed by atoms with van der Waals surface area (Å²) in [7, 11) is 3.27. The van der Waals surface area contributed by atoms with Crippen LogP contribution in [-0.4, -0.2) is 52.2 Å². The maximum Gasteiger partial charge on any atom is 0.274 e. The first kappa shape index (κ1) is 17.9. The van der Waals surface area contributed by atoms with Crippen molar-refractivity contribution in [2.45, 2.75) is 19.4 Å². The summed E-state index contributed by atoms with van der Waals surface area (Å²) in [6, 6.07) is 1.70. The lowest BCUT2D eigenvalue weighted by atomic mass is 9.77. The number of fused-ring (bicyclic) bond motifs is 2. The Balaban J connectivity index is 1.60. The molecular weight excluding hydrogens is 368 g/mol. The average Bonchev–Trinajstić information content (AvgIpc) is 3.10. The highest BCUT2D eigenvalue weighted by atomic mass is 35.5. The van der Waals surface area contributed by atoms with Crippen molar-refractivity contribution in [3.05, 3.63) is 52.8 Å². The molecule has 27 heavy (non-hydrogen) atoms. The molecule has 1 aliphatic heterocycles. The van der Waals surface area contributed by atoms with Crippen LogP contribution in [0.5, 0.6) is 0 Å². The number of carbonyl (C=O) groups is 1. The van der Waals surface area contributed by atoms with Gasteiger partial charge in [0.05, 0.1) is 25.4 Å². The van der Waals surface area contributed by atoms with Gasteiger partial charge in [0, 0.05) is 30.8 Å². The number of hydrogen-bond donors (Lipinski definition) is 0. The SMILES string of the molecule is COC1=CC2CCN(C(=O)c3cc4ncc(Cl)cn4n3)C(C)C2C=C1OC. The molecule has 0 saturated carbocycles. The number of hydrogen-bond acceptors (Lipinski definition) is 5. The fraction of sp³-hybridized carbons (Fsp3) is 0.421. The summed E-state index contributed by atoms with van der Waals surface area (Å²) in [6.45, 7) is 2.72. The lowest BCUT2D eigenvalue weighted by Crippen LogP contribution is -2.50. The van der Waals surface area contributed by atoms with Crippen LogP contribution in [0.1, 0.15) is 23.8 Å². The smallest absolute Gasteiger partial charge is 0.274 e. The first-order chi connectivity index (χ1) is 13.0. The largest absolute Gasteiger partial charge is 0.493 e. The molecule has 0 spiro atoms.